The van der Waals surface area contributed by atoms with Crippen LogP contribution in [0, 0.1) is 0 Å². The molecule has 2 aromatic rings. The van der Waals surface area contributed by atoms with Gasteiger partial charge in [-0.2, -0.15) is 4.31 Å². The number of thiazole rings is 1. The molecule has 0 atom stereocenters. The average molecular weight is 424 g/mol. The number of amides is 1. The average Bonchev–Trinajstić information content (AvgIpc) is 3.36. The Morgan fingerprint density at radius 1 is 1.29 bits per heavy atom. The van der Waals surface area contributed by atoms with Crippen molar-refractivity contribution in [2.45, 2.75) is 44.2 Å². The van der Waals surface area contributed by atoms with Crippen molar-refractivity contribution in [3.63, 3.8) is 0 Å². The quantitative estimate of drug-likeness (QED) is 0.655. The molecule has 0 bridgehead atoms. The van der Waals surface area contributed by atoms with E-state index in [-0.39, 0.29) is 35.7 Å². The van der Waals surface area contributed by atoms with Gasteiger partial charge in [0.2, 0.25) is 15.9 Å². The zero-order valence-corrected chi connectivity index (χ0v) is 17.2. The molecule has 1 aromatic carbocycles. The fraction of sp³-hybridized carbons (Fsp3) is 0.389. The first-order valence-corrected chi connectivity index (χ1v) is 11.1. The number of esters is 1. The lowest BCUT2D eigenvalue weighted by molar-refractivity contribution is -0.114. The summed E-state index contributed by atoms with van der Waals surface area (Å²) in [4.78, 5) is 27.3. The van der Waals surface area contributed by atoms with Gasteiger partial charge in [-0.1, -0.05) is 0 Å². The predicted octanol–water partition coefficient (Wildman–Crippen LogP) is 2.63. The van der Waals surface area contributed by atoms with Crippen LogP contribution in [-0.4, -0.2) is 42.2 Å². The fourth-order valence-corrected chi connectivity index (χ4v) is 5.13. The molecule has 1 aliphatic carbocycles. The van der Waals surface area contributed by atoms with Gasteiger partial charge in [0.1, 0.15) is 5.01 Å². The van der Waals surface area contributed by atoms with Crippen molar-refractivity contribution >= 4 is 38.9 Å². The van der Waals surface area contributed by atoms with Gasteiger partial charge in [0, 0.05) is 24.0 Å². The Morgan fingerprint density at radius 3 is 2.54 bits per heavy atom. The number of nitrogens with one attached hydrogen (secondary N) is 1. The molecule has 1 amide bonds. The molecule has 0 unspecified atom stereocenters. The molecule has 10 heteroatoms. The monoisotopic (exact) mass is 423 g/mol. The van der Waals surface area contributed by atoms with Crippen molar-refractivity contribution in [1.82, 2.24) is 9.29 Å². The highest BCUT2D eigenvalue weighted by Crippen LogP contribution is 2.34. The van der Waals surface area contributed by atoms with Crippen LogP contribution in [0.4, 0.5) is 5.69 Å². The van der Waals surface area contributed by atoms with Crippen molar-refractivity contribution in [1.29, 1.82) is 0 Å². The second kappa shape index (κ2) is 8.38. The number of rotatable bonds is 8. The maximum Gasteiger partial charge on any atom is 0.357 e. The molecular weight excluding hydrogens is 402 g/mol. The Kier molecular flexibility index (Phi) is 6.11. The minimum absolute atomic E-state index is 0.0741. The van der Waals surface area contributed by atoms with E-state index in [2.05, 4.69) is 10.3 Å². The summed E-state index contributed by atoms with van der Waals surface area (Å²) in [6.07, 6.45) is 1.58. The number of sulfonamides is 1. The Labute approximate surface area is 167 Å². The molecule has 1 aliphatic rings. The van der Waals surface area contributed by atoms with Crippen LogP contribution in [-0.2, 0) is 26.1 Å². The maximum absolute atomic E-state index is 13.1. The van der Waals surface area contributed by atoms with Crippen molar-refractivity contribution < 1.29 is 22.7 Å². The lowest BCUT2D eigenvalue weighted by Crippen LogP contribution is -2.32. The molecule has 0 spiro atoms. The van der Waals surface area contributed by atoms with E-state index in [1.165, 1.54) is 34.7 Å². The van der Waals surface area contributed by atoms with Crippen LogP contribution < -0.4 is 5.32 Å². The summed E-state index contributed by atoms with van der Waals surface area (Å²) in [6, 6.07) is 5.99. The van der Waals surface area contributed by atoms with Crippen molar-refractivity contribution in [3.8, 4) is 0 Å². The third kappa shape index (κ3) is 4.75. The van der Waals surface area contributed by atoms with Crippen LogP contribution in [0.5, 0.6) is 0 Å². The molecule has 1 aromatic heterocycles. The molecule has 1 fully saturated rings. The van der Waals surface area contributed by atoms with Crippen molar-refractivity contribution in [2.24, 2.45) is 0 Å². The molecule has 1 heterocycles. The lowest BCUT2D eigenvalue weighted by Gasteiger charge is -2.21. The van der Waals surface area contributed by atoms with Gasteiger partial charge in [-0.25, -0.2) is 18.2 Å². The Hall–Kier alpha value is -2.30. The smallest absolute Gasteiger partial charge is 0.357 e. The van der Waals surface area contributed by atoms with Gasteiger partial charge < -0.3 is 10.1 Å². The van der Waals surface area contributed by atoms with Crippen LogP contribution >= 0.6 is 11.3 Å². The van der Waals surface area contributed by atoms with Gasteiger partial charge >= 0.3 is 5.97 Å². The molecule has 3 rings (SSSR count). The zero-order valence-electron chi connectivity index (χ0n) is 15.5. The highest BCUT2D eigenvalue weighted by molar-refractivity contribution is 7.89. The molecule has 150 valence electrons. The number of aromatic nitrogens is 1. The van der Waals surface area contributed by atoms with E-state index in [0.717, 1.165) is 12.8 Å². The number of benzene rings is 1. The normalized spacial score (nSPS) is 14.1. The van der Waals surface area contributed by atoms with E-state index in [9.17, 15) is 18.0 Å². The fourth-order valence-electron chi connectivity index (χ4n) is 2.64. The lowest BCUT2D eigenvalue weighted by atomic mass is 10.3. The molecule has 0 radical (unpaired) electrons. The van der Waals surface area contributed by atoms with Crippen LogP contribution in [0.2, 0.25) is 0 Å². The first-order chi connectivity index (χ1) is 13.3. The van der Waals surface area contributed by atoms with E-state index >= 15 is 0 Å². The summed E-state index contributed by atoms with van der Waals surface area (Å²) in [5, 5.41) is 4.72. The number of hydrogen-bond donors (Lipinski definition) is 1. The van der Waals surface area contributed by atoms with Crippen molar-refractivity contribution in [2.75, 3.05) is 11.9 Å². The van der Waals surface area contributed by atoms with Gasteiger partial charge in [-0.3, -0.25) is 4.79 Å². The molecule has 28 heavy (non-hydrogen) atoms. The highest BCUT2D eigenvalue weighted by Gasteiger charge is 2.38. The number of ether oxygens (including phenoxy) is 1. The summed E-state index contributed by atoms with van der Waals surface area (Å²) in [5.74, 6) is -0.740. The van der Waals surface area contributed by atoms with Crippen molar-refractivity contribution in [3.05, 3.63) is 40.3 Å². The third-order valence-corrected chi connectivity index (χ3v) is 6.81. The number of hydrogen-bond acceptors (Lipinski definition) is 7. The van der Waals surface area contributed by atoms with Crippen LogP contribution in [0.3, 0.4) is 0 Å². The summed E-state index contributed by atoms with van der Waals surface area (Å²) in [6.45, 7) is 3.45. The molecule has 0 saturated heterocycles. The molecule has 1 N–H and O–H groups in total. The number of carbonyl (C=O) groups excluding carboxylic acids is 2. The zero-order chi connectivity index (χ0) is 20.3. The Balaban J connectivity index is 1.80. The van der Waals surface area contributed by atoms with E-state index in [4.69, 9.17) is 4.74 Å². The number of carbonyl (C=O) groups is 2. The topological polar surface area (TPSA) is 106 Å². The second-order valence-corrected chi connectivity index (χ2v) is 9.17. The molecular formula is C18H21N3O5S2. The first kappa shape index (κ1) is 20.4. The number of anilines is 1. The third-order valence-electron chi connectivity index (χ3n) is 4.06. The van der Waals surface area contributed by atoms with Gasteiger partial charge in [0.05, 0.1) is 18.0 Å². The minimum Gasteiger partial charge on any atom is -0.461 e. The first-order valence-electron chi connectivity index (χ1n) is 8.82. The summed E-state index contributed by atoms with van der Waals surface area (Å²) in [7, 11) is -3.73. The van der Waals surface area contributed by atoms with Gasteiger partial charge in [0.25, 0.3) is 0 Å². The van der Waals surface area contributed by atoms with E-state index < -0.39 is 16.0 Å². The summed E-state index contributed by atoms with van der Waals surface area (Å²) >= 11 is 1.23. The summed E-state index contributed by atoms with van der Waals surface area (Å²) < 4.78 is 32.6. The van der Waals surface area contributed by atoms with E-state index in [1.54, 1.807) is 24.4 Å². The Morgan fingerprint density at radius 2 is 1.96 bits per heavy atom. The van der Waals surface area contributed by atoms with Gasteiger partial charge in [-0.15, -0.1) is 11.3 Å². The Bertz CT molecular complexity index is 965. The molecule has 8 nitrogen and oxygen atoms in total. The van der Waals surface area contributed by atoms with Gasteiger partial charge in [0.15, 0.2) is 5.69 Å². The SMILES string of the molecule is CCOC(=O)c1csc(CN(C2CC2)S(=O)(=O)c2ccc(NC(C)=O)cc2)n1. The summed E-state index contributed by atoms with van der Waals surface area (Å²) in [5.41, 5.74) is 0.720. The minimum atomic E-state index is -3.73. The van der Waals surface area contributed by atoms with Crippen LogP contribution in [0.15, 0.2) is 34.5 Å². The van der Waals surface area contributed by atoms with E-state index in [1.807, 2.05) is 0 Å². The highest BCUT2D eigenvalue weighted by atomic mass is 32.2. The van der Waals surface area contributed by atoms with E-state index in [0.29, 0.717) is 10.7 Å². The maximum atomic E-state index is 13.1. The van der Waals surface area contributed by atoms with Gasteiger partial charge in [-0.05, 0) is 44.0 Å². The predicted molar refractivity (Wildman–Crippen MR) is 105 cm³/mol. The van der Waals surface area contributed by atoms with Crippen LogP contribution in [0.25, 0.3) is 0 Å². The molecule has 0 aliphatic heterocycles. The standard InChI is InChI=1S/C18H21N3O5S2/c1-3-26-18(23)16-11-27-17(20-16)10-21(14-6-7-14)28(24,25)15-8-4-13(5-9-15)19-12(2)22/h4-5,8-9,11,14H,3,6-7,10H2,1-2H3,(H,19,22). The second-order valence-electron chi connectivity index (χ2n) is 6.33. The number of nitrogens with zero attached hydrogens (tertiary/aromatic N) is 2. The largest absolute Gasteiger partial charge is 0.461 e. The molecule has 1 saturated carbocycles. The van der Waals surface area contributed by atoms with Crippen LogP contribution in [0.1, 0.15) is 42.2 Å².